The molecule has 0 aromatic carbocycles. The average molecular weight is 280 g/mol. The van der Waals surface area contributed by atoms with E-state index >= 15 is 0 Å². The fourth-order valence-electron chi connectivity index (χ4n) is 1.72. The Labute approximate surface area is 118 Å². The summed E-state index contributed by atoms with van der Waals surface area (Å²) < 4.78 is 4.87. The number of hydrogen-bond acceptors (Lipinski definition) is 5. The van der Waals surface area contributed by atoms with Gasteiger partial charge in [0.25, 0.3) is 0 Å². The third kappa shape index (κ3) is 4.22. The van der Waals surface area contributed by atoms with Crippen molar-refractivity contribution in [3.05, 3.63) is 23.9 Å². The van der Waals surface area contributed by atoms with Crippen LogP contribution >= 0.6 is 0 Å². The Morgan fingerprint density at radius 3 is 2.55 bits per heavy atom. The molecule has 6 nitrogen and oxygen atoms in total. The molecule has 6 heteroatoms. The second-order valence-corrected chi connectivity index (χ2v) is 4.40. The number of ether oxygens (including phenoxy) is 1. The molecule has 0 aliphatic heterocycles. The van der Waals surface area contributed by atoms with Crippen LogP contribution in [0.4, 0.5) is 5.82 Å². The molecule has 1 aromatic heterocycles. The number of nitrogens with zero attached hydrogens (tertiary/aromatic N) is 2. The highest BCUT2D eigenvalue weighted by atomic mass is 16.5. The fourth-order valence-corrected chi connectivity index (χ4v) is 1.72. The molecule has 1 heterocycles. The van der Waals surface area contributed by atoms with Gasteiger partial charge in [0.15, 0.2) is 0 Å². The fraction of sp³-hybridized carbons (Fsp3) is 0.500. The molecule has 0 amide bonds. The summed E-state index contributed by atoms with van der Waals surface area (Å²) in [5, 5.41) is 8.96. The zero-order valence-corrected chi connectivity index (χ0v) is 12.0. The second-order valence-electron chi connectivity index (χ2n) is 4.40. The molecule has 1 aromatic rings. The van der Waals surface area contributed by atoms with Crippen LogP contribution in [-0.2, 0) is 9.53 Å². The second kappa shape index (κ2) is 7.47. The third-order valence-electron chi connectivity index (χ3n) is 2.98. The van der Waals surface area contributed by atoms with Crippen LogP contribution in [0.5, 0.6) is 0 Å². The number of rotatable bonds is 7. The van der Waals surface area contributed by atoms with Gasteiger partial charge < -0.3 is 14.7 Å². The standard InChI is InChI=1S/C14H20N2O4/c1-4-10(3)16(9-13(17)18)12-7-6-11(8-15-12)14(19)20-5-2/h6-8,10H,4-5,9H2,1-3H3,(H,17,18). The minimum atomic E-state index is -0.915. The predicted molar refractivity (Wildman–Crippen MR) is 74.9 cm³/mol. The van der Waals surface area contributed by atoms with Crippen LogP contribution in [0.15, 0.2) is 18.3 Å². The normalized spacial score (nSPS) is 11.8. The van der Waals surface area contributed by atoms with Gasteiger partial charge in [-0.05, 0) is 32.4 Å². The largest absolute Gasteiger partial charge is 0.480 e. The van der Waals surface area contributed by atoms with Crippen molar-refractivity contribution in [1.29, 1.82) is 0 Å². The van der Waals surface area contributed by atoms with Gasteiger partial charge in [-0.3, -0.25) is 4.79 Å². The molecule has 1 rings (SSSR count). The maximum atomic E-state index is 11.5. The van der Waals surface area contributed by atoms with Crippen molar-refractivity contribution >= 4 is 17.8 Å². The lowest BCUT2D eigenvalue weighted by molar-refractivity contribution is -0.135. The summed E-state index contributed by atoms with van der Waals surface area (Å²) in [5.74, 6) is -0.809. The molecule has 1 atom stereocenters. The highest BCUT2D eigenvalue weighted by molar-refractivity contribution is 5.89. The Hall–Kier alpha value is -2.11. The van der Waals surface area contributed by atoms with Gasteiger partial charge in [0, 0.05) is 12.2 Å². The molecule has 0 bridgehead atoms. The van der Waals surface area contributed by atoms with Gasteiger partial charge in [0.05, 0.1) is 12.2 Å². The van der Waals surface area contributed by atoms with Crippen molar-refractivity contribution in [1.82, 2.24) is 4.98 Å². The Bertz CT molecular complexity index is 459. The van der Waals surface area contributed by atoms with Gasteiger partial charge in [-0.15, -0.1) is 0 Å². The van der Waals surface area contributed by atoms with E-state index in [-0.39, 0.29) is 12.6 Å². The summed E-state index contributed by atoms with van der Waals surface area (Å²) in [6, 6.07) is 3.28. The van der Waals surface area contributed by atoms with Crippen LogP contribution < -0.4 is 4.90 Å². The lowest BCUT2D eigenvalue weighted by Crippen LogP contribution is -2.37. The molecule has 0 saturated carbocycles. The molecule has 1 N–H and O–H groups in total. The lowest BCUT2D eigenvalue weighted by Gasteiger charge is -2.27. The molecular weight excluding hydrogens is 260 g/mol. The first-order valence-corrected chi connectivity index (χ1v) is 6.61. The van der Waals surface area contributed by atoms with Crippen LogP contribution in [0, 0.1) is 0 Å². The molecule has 0 aliphatic rings. The predicted octanol–water partition coefficient (Wildman–Crippen LogP) is 1.95. The minimum absolute atomic E-state index is 0.0482. The number of anilines is 1. The summed E-state index contributed by atoms with van der Waals surface area (Å²) in [5.41, 5.74) is 0.357. The van der Waals surface area contributed by atoms with Gasteiger partial charge >= 0.3 is 11.9 Å². The average Bonchev–Trinajstić information content (AvgIpc) is 2.44. The van der Waals surface area contributed by atoms with E-state index in [0.29, 0.717) is 18.0 Å². The smallest absolute Gasteiger partial charge is 0.339 e. The molecule has 1 unspecified atom stereocenters. The van der Waals surface area contributed by atoms with E-state index in [9.17, 15) is 9.59 Å². The summed E-state index contributed by atoms with van der Waals surface area (Å²) in [4.78, 5) is 28.3. The molecule has 0 spiro atoms. The monoisotopic (exact) mass is 280 g/mol. The number of esters is 1. The lowest BCUT2D eigenvalue weighted by atomic mass is 10.2. The van der Waals surface area contributed by atoms with Gasteiger partial charge in [-0.1, -0.05) is 6.92 Å². The van der Waals surface area contributed by atoms with E-state index in [4.69, 9.17) is 9.84 Å². The highest BCUT2D eigenvalue weighted by Crippen LogP contribution is 2.16. The molecule has 0 aliphatic carbocycles. The van der Waals surface area contributed by atoms with E-state index in [2.05, 4.69) is 4.98 Å². The topological polar surface area (TPSA) is 79.7 Å². The molecule has 0 fully saturated rings. The summed E-state index contributed by atoms with van der Waals surface area (Å²) in [7, 11) is 0. The first-order chi connectivity index (χ1) is 9.49. The van der Waals surface area contributed by atoms with Crippen LogP contribution in [0.1, 0.15) is 37.6 Å². The maximum Gasteiger partial charge on any atom is 0.339 e. The zero-order valence-electron chi connectivity index (χ0n) is 12.0. The number of carboxylic acid groups (broad SMARTS) is 1. The Morgan fingerprint density at radius 2 is 2.10 bits per heavy atom. The number of carboxylic acids is 1. The Balaban J connectivity index is 2.92. The number of carbonyl (C=O) groups excluding carboxylic acids is 1. The SMILES string of the molecule is CCOC(=O)c1ccc(N(CC(=O)O)C(C)CC)nc1. The van der Waals surface area contributed by atoms with Crippen LogP contribution in [-0.4, -0.2) is 41.2 Å². The summed E-state index contributed by atoms with van der Waals surface area (Å²) >= 11 is 0. The molecule has 0 saturated heterocycles. The number of aromatic nitrogens is 1. The minimum Gasteiger partial charge on any atom is -0.480 e. The number of aliphatic carboxylic acids is 1. The number of carbonyl (C=O) groups is 2. The van der Waals surface area contributed by atoms with E-state index in [1.165, 1.54) is 6.20 Å². The van der Waals surface area contributed by atoms with Crippen molar-refractivity contribution in [3.8, 4) is 0 Å². The number of hydrogen-bond donors (Lipinski definition) is 1. The van der Waals surface area contributed by atoms with Crippen LogP contribution in [0.2, 0.25) is 0 Å². The first-order valence-electron chi connectivity index (χ1n) is 6.61. The number of pyridine rings is 1. The summed E-state index contributed by atoms with van der Waals surface area (Å²) in [6.07, 6.45) is 2.21. The van der Waals surface area contributed by atoms with Crippen molar-refractivity contribution in [2.45, 2.75) is 33.2 Å². The van der Waals surface area contributed by atoms with Gasteiger partial charge in [-0.25, -0.2) is 9.78 Å². The molecular formula is C14H20N2O4. The van der Waals surface area contributed by atoms with Gasteiger partial charge in [-0.2, -0.15) is 0 Å². The van der Waals surface area contributed by atoms with Gasteiger partial charge in [0.1, 0.15) is 12.4 Å². The third-order valence-corrected chi connectivity index (χ3v) is 2.98. The van der Waals surface area contributed by atoms with E-state index in [1.54, 1.807) is 24.0 Å². The summed E-state index contributed by atoms with van der Waals surface area (Å²) in [6.45, 7) is 5.83. The molecule has 0 radical (unpaired) electrons. The van der Waals surface area contributed by atoms with Crippen molar-refractivity contribution in [2.75, 3.05) is 18.1 Å². The van der Waals surface area contributed by atoms with Gasteiger partial charge in [0.2, 0.25) is 0 Å². The highest BCUT2D eigenvalue weighted by Gasteiger charge is 2.18. The van der Waals surface area contributed by atoms with Crippen molar-refractivity contribution in [3.63, 3.8) is 0 Å². The van der Waals surface area contributed by atoms with Crippen LogP contribution in [0.3, 0.4) is 0 Å². The molecule has 20 heavy (non-hydrogen) atoms. The van der Waals surface area contributed by atoms with E-state index in [1.807, 2.05) is 13.8 Å². The van der Waals surface area contributed by atoms with Crippen LogP contribution in [0.25, 0.3) is 0 Å². The first kappa shape index (κ1) is 15.9. The van der Waals surface area contributed by atoms with E-state index < -0.39 is 11.9 Å². The zero-order chi connectivity index (χ0) is 15.1. The Morgan fingerprint density at radius 1 is 1.40 bits per heavy atom. The molecule has 110 valence electrons. The van der Waals surface area contributed by atoms with Crippen molar-refractivity contribution < 1.29 is 19.4 Å². The Kier molecular flexibility index (Phi) is 5.96. The van der Waals surface area contributed by atoms with E-state index in [0.717, 1.165) is 6.42 Å². The van der Waals surface area contributed by atoms with Crippen molar-refractivity contribution in [2.24, 2.45) is 0 Å². The maximum absolute atomic E-state index is 11.5. The quantitative estimate of drug-likeness (QED) is 0.769.